The summed E-state index contributed by atoms with van der Waals surface area (Å²) in [6.45, 7) is 2.39. The first kappa shape index (κ1) is 20.3. The summed E-state index contributed by atoms with van der Waals surface area (Å²) in [5, 5.41) is 21.6. The number of amidine groups is 1. The van der Waals surface area contributed by atoms with Gasteiger partial charge in [-0.1, -0.05) is 6.07 Å². The van der Waals surface area contributed by atoms with E-state index >= 15 is 0 Å². The van der Waals surface area contributed by atoms with Crippen molar-refractivity contribution in [2.24, 2.45) is 4.99 Å². The first-order chi connectivity index (χ1) is 13.9. The molecule has 1 fully saturated rings. The molecule has 1 heterocycles. The maximum absolute atomic E-state index is 12.3. The number of ether oxygens (including phenoxy) is 2. The molecule has 9 heteroatoms. The van der Waals surface area contributed by atoms with E-state index in [0.29, 0.717) is 33.9 Å². The monoisotopic (exact) mass is 414 g/mol. The van der Waals surface area contributed by atoms with Crippen LogP contribution in [0.5, 0.6) is 17.2 Å². The summed E-state index contributed by atoms with van der Waals surface area (Å²) in [4.78, 5) is 28.1. The fraction of sp³-hybridized carbons (Fsp3) is 0.150. The van der Waals surface area contributed by atoms with Gasteiger partial charge < -0.3 is 25.0 Å². The molecule has 2 aromatic rings. The first-order valence-electron chi connectivity index (χ1n) is 8.58. The predicted octanol–water partition coefficient (Wildman–Crippen LogP) is 3.39. The van der Waals surface area contributed by atoms with E-state index in [9.17, 15) is 14.7 Å². The van der Waals surface area contributed by atoms with Gasteiger partial charge in [0.1, 0.15) is 11.3 Å². The number of hydrogen-bond acceptors (Lipinski definition) is 7. The number of carbonyl (C=O) groups excluding carboxylic acids is 1. The van der Waals surface area contributed by atoms with Gasteiger partial charge in [-0.2, -0.15) is 0 Å². The number of nitrogens with zero attached hydrogens (tertiary/aromatic N) is 1. The van der Waals surface area contributed by atoms with E-state index in [1.165, 1.54) is 18.2 Å². The van der Waals surface area contributed by atoms with Gasteiger partial charge in [-0.15, -0.1) is 0 Å². The second-order valence-corrected chi connectivity index (χ2v) is 6.86. The largest absolute Gasteiger partial charge is 0.507 e. The van der Waals surface area contributed by atoms with Gasteiger partial charge >= 0.3 is 5.97 Å². The third-order valence-corrected chi connectivity index (χ3v) is 4.79. The highest BCUT2D eigenvalue weighted by Gasteiger charge is 2.24. The number of phenols is 1. The minimum atomic E-state index is -1.27. The minimum absolute atomic E-state index is 0.265. The number of aliphatic imine (C=N–C) groups is 1. The van der Waals surface area contributed by atoms with E-state index in [1.807, 2.05) is 13.0 Å². The lowest BCUT2D eigenvalue weighted by molar-refractivity contribution is -0.115. The van der Waals surface area contributed by atoms with Gasteiger partial charge in [0.15, 0.2) is 16.7 Å². The number of carboxylic acids is 1. The molecule has 150 valence electrons. The number of benzene rings is 2. The quantitative estimate of drug-likeness (QED) is 0.620. The summed E-state index contributed by atoms with van der Waals surface area (Å²) < 4.78 is 10.8. The third kappa shape index (κ3) is 4.69. The number of aromatic hydroxyl groups is 1. The summed E-state index contributed by atoms with van der Waals surface area (Å²) in [5.41, 5.74) is 0.785. The number of carboxylic acid groups (broad SMARTS) is 1. The van der Waals surface area contributed by atoms with Crippen molar-refractivity contribution in [2.75, 3.05) is 13.7 Å². The molecule has 0 unspecified atom stereocenters. The minimum Gasteiger partial charge on any atom is -0.507 e. The van der Waals surface area contributed by atoms with E-state index in [-0.39, 0.29) is 17.2 Å². The highest BCUT2D eigenvalue weighted by atomic mass is 32.2. The van der Waals surface area contributed by atoms with Crippen molar-refractivity contribution in [3.05, 3.63) is 52.4 Å². The average Bonchev–Trinajstić information content (AvgIpc) is 3.03. The van der Waals surface area contributed by atoms with E-state index in [4.69, 9.17) is 14.6 Å². The zero-order valence-electron chi connectivity index (χ0n) is 15.6. The van der Waals surface area contributed by atoms with Crippen LogP contribution in [0.2, 0.25) is 0 Å². The van der Waals surface area contributed by atoms with Crippen LogP contribution in [0.1, 0.15) is 22.8 Å². The fourth-order valence-corrected chi connectivity index (χ4v) is 3.40. The summed E-state index contributed by atoms with van der Waals surface area (Å²) in [6, 6.07) is 9.28. The Kier molecular flexibility index (Phi) is 6.08. The number of nitrogens with one attached hydrogen (secondary N) is 1. The van der Waals surface area contributed by atoms with Gasteiger partial charge in [-0.3, -0.25) is 4.79 Å². The maximum atomic E-state index is 12.3. The van der Waals surface area contributed by atoms with Crippen LogP contribution in [-0.4, -0.2) is 41.0 Å². The number of aromatic carboxylic acids is 1. The summed E-state index contributed by atoms with van der Waals surface area (Å²) in [5.74, 6) is -0.764. The summed E-state index contributed by atoms with van der Waals surface area (Å²) >= 11 is 1.12. The normalized spacial score (nSPS) is 16.1. The van der Waals surface area contributed by atoms with Crippen LogP contribution in [0.3, 0.4) is 0 Å². The SMILES string of the molecule is CCOc1ccc(/C=C2\SC(=Nc3ccc(O)c(C(=O)O)c3)NC2=O)cc1OC. The van der Waals surface area contributed by atoms with Crippen molar-refractivity contribution in [1.29, 1.82) is 0 Å². The van der Waals surface area contributed by atoms with Crippen LogP contribution in [-0.2, 0) is 4.79 Å². The topological polar surface area (TPSA) is 117 Å². The molecule has 0 spiro atoms. The van der Waals surface area contributed by atoms with E-state index in [2.05, 4.69) is 10.3 Å². The maximum Gasteiger partial charge on any atom is 0.339 e. The molecule has 0 aromatic heterocycles. The van der Waals surface area contributed by atoms with Gasteiger partial charge in [-0.05, 0) is 60.7 Å². The molecule has 0 saturated carbocycles. The van der Waals surface area contributed by atoms with Crippen LogP contribution < -0.4 is 14.8 Å². The molecular weight excluding hydrogens is 396 g/mol. The molecule has 3 rings (SSSR count). The highest BCUT2D eigenvalue weighted by molar-refractivity contribution is 8.18. The fourth-order valence-electron chi connectivity index (χ4n) is 2.56. The number of thioether (sulfide) groups is 1. The summed E-state index contributed by atoms with van der Waals surface area (Å²) in [6.07, 6.45) is 1.69. The van der Waals surface area contributed by atoms with Crippen molar-refractivity contribution in [1.82, 2.24) is 5.32 Å². The zero-order chi connectivity index (χ0) is 21.0. The Morgan fingerprint density at radius 3 is 2.72 bits per heavy atom. The Morgan fingerprint density at radius 1 is 1.24 bits per heavy atom. The van der Waals surface area contributed by atoms with Crippen molar-refractivity contribution in [3.8, 4) is 17.2 Å². The molecule has 0 atom stereocenters. The molecule has 3 N–H and O–H groups in total. The van der Waals surface area contributed by atoms with E-state index in [1.54, 1.807) is 25.3 Å². The summed E-state index contributed by atoms with van der Waals surface area (Å²) in [7, 11) is 1.54. The Hall–Kier alpha value is -3.46. The van der Waals surface area contributed by atoms with Crippen LogP contribution in [0, 0.1) is 0 Å². The smallest absolute Gasteiger partial charge is 0.339 e. The molecule has 1 aliphatic rings. The van der Waals surface area contributed by atoms with Crippen LogP contribution >= 0.6 is 11.8 Å². The Morgan fingerprint density at radius 2 is 2.03 bits per heavy atom. The Balaban J connectivity index is 1.84. The highest BCUT2D eigenvalue weighted by Crippen LogP contribution is 2.32. The molecule has 8 nitrogen and oxygen atoms in total. The predicted molar refractivity (Wildman–Crippen MR) is 110 cm³/mol. The molecule has 1 saturated heterocycles. The second kappa shape index (κ2) is 8.70. The third-order valence-electron chi connectivity index (χ3n) is 3.88. The van der Waals surface area contributed by atoms with E-state index < -0.39 is 5.97 Å². The number of hydrogen-bond donors (Lipinski definition) is 3. The molecule has 1 amide bonds. The van der Waals surface area contributed by atoms with Crippen LogP contribution in [0.25, 0.3) is 6.08 Å². The lowest BCUT2D eigenvalue weighted by atomic mass is 10.2. The first-order valence-corrected chi connectivity index (χ1v) is 9.39. The van der Waals surface area contributed by atoms with Crippen LogP contribution in [0.4, 0.5) is 5.69 Å². The van der Waals surface area contributed by atoms with E-state index in [0.717, 1.165) is 17.3 Å². The van der Waals surface area contributed by atoms with Crippen LogP contribution in [0.15, 0.2) is 46.3 Å². The van der Waals surface area contributed by atoms with Crippen molar-refractivity contribution >= 4 is 40.6 Å². The number of rotatable bonds is 6. The van der Waals surface area contributed by atoms with Crippen molar-refractivity contribution in [3.63, 3.8) is 0 Å². The number of methoxy groups -OCH3 is 1. The molecule has 0 bridgehead atoms. The van der Waals surface area contributed by atoms with Gasteiger partial charge in [-0.25, -0.2) is 9.79 Å². The van der Waals surface area contributed by atoms with Gasteiger partial charge in [0.2, 0.25) is 0 Å². The van der Waals surface area contributed by atoms with Crippen molar-refractivity contribution < 1.29 is 29.3 Å². The van der Waals surface area contributed by atoms with Gasteiger partial charge in [0.05, 0.1) is 24.3 Å². The molecule has 0 aliphatic carbocycles. The molecule has 0 radical (unpaired) electrons. The Bertz CT molecular complexity index is 1030. The average molecular weight is 414 g/mol. The second-order valence-electron chi connectivity index (χ2n) is 5.83. The zero-order valence-corrected chi connectivity index (χ0v) is 16.4. The van der Waals surface area contributed by atoms with Gasteiger partial charge in [0.25, 0.3) is 5.91 Å². The van der Waals surface area contributed by atoms with Crippen molar-refractivity contribution in [2.45, 2.75) is 6.92 Å². The lowest BCUT2D eigenvalue weighted by Gasteiger charge is -2.09. The standard InChI is InChI=1S/C20H18N2O6S/c1-3-28-15-7-4-11(8-16(15)27-2)9-17-18(24)22-20(29-17)21-12-5-6-14(23)13(10-12)19(25)26/h4-10,23H,3H2,1-2H3,(H,25,26)(H,21,22,24)/b17-9-. The molecular formula is C20H18N2O6S. The number of amides is 1. The molecule has 29 heavy (non-hydrogen) atoms. The Labute approximate surface area is 170 Å². The molecule has 2 aromatic carbocycles. The van der Waals surface area contributed by atoms with Gasteiger partial charge in [0, 0.05) is 0 Å². The lowest BCUT2D eigenvalue weighted by Crippen LogP contribution is -2.19. The molecule has 1 aliphatic heterocycles. The number of carbonyl (C=O) groups is 2.